The molecule has 0 radical (unpaired) electrons. The molecule has 2 aromatic carbocycles. The number of halogens is 2. The van der Waals surface area contributed by atoms with E-state index in [1.807, 2.05) is 55.5 Å². The number of nitrogens with one attached hydrogen (secondary N) is 1. The number of hydrogen-bond donors (Lipinski definition) is 1. The largest absolute Gasteiger partial charge is 0.325 e. The van der Waals surface area contributed by atoms with E-state index in [0.717, 1.165) is 15.1 Å². The van der Waals surface area contributed by atoms with Gasteiger partial charge in [0.25, 0.3) is 0 Å². The third-order valence-electron chi connectivity index (χ3n) is 2.59. The summed E-state index contributed by atoms with van der Waals surface area (Å²) in [5, 5.41) is 3.41. The van der Waals surface area contributed by atoms with Crippen LogP contribution in [-0.2, 0) is 4.79 Å². The van der Waals surface area contributed by atoms with Crippen molar-refractivity contribution in [1.29, 1.82) is 0 Å². The molecular formula is C15H13BrClNOS. The molecule has 0 aliphatic carbocycles. The van der Waals surface area contributed by atoms with E-state index >= 15 is 0 Å². The molecule has 0 spiro atoms. The number of anilines is 1. The van der Waals surface area contributed by atoms with Gasteiger partial charge in [-0.2, -0.15) is 0 Å². The zero-order valence-corrected chi connectivity index (χ0v) is 13.9. The molecule has 2 nitrogen and oxygen atoms in total. The van der Waals surface area contributed by atoms with Gasteiger partial charge in [-0.3, -0.25) is 4.79 Å². The van der Waals surface area contributed by atoms with Gasteiger partial charge in [0, 0.05) is 20.1 Å². The Balaban J connectivity index is 1.96. The Morgan fingerprint density at radius 1 is 1.25 bits per heavy atom. The third kappa shape index (κ3) is 4.54. The molecule has 0 aliphatic heterocycles. The lowest BCUT2D eigenvalue weighted by atomic mass is 10.3. The van der Waals surface area contributed by atoms with Gasteiger partial charge in [0.1, 0.15) is 0 Å². The fourth-order valence-corrected chi connectivity index (χ4v) is 2.97. The molecule has 104 valence electrons. The summed E-state index contributed by atoms with van der Waals surface area (Å²) in [6.45, 7) is 1.88. The molecule has 0 heterocycles. The van der Waals surface area contributed by atoms with Crippen molar-refractivity contribution in [1.82, 2.24) is 0 Å². The van der Waals surface area contributed by atoms with E-state index in [9.17, 15) is 4.79 Å². The Morgan fingerprint density at radius 3 is 2.60 bits per heavy atom. The van der Waals surface area contributed by atoms with Gasteiger partial charge < -0.3 is 5.32 Å². The van der Waals surface area contributed by atoms with Crippen LogP contribution in [0.15, 0.2) is 57.9 Å². The molecule has 0 fully saturated rings. The minimum absolute atomic E-state index is 0.0250. The molecule has 1 N–H and O–H groups in total. The van der Waals surface area contributed by atoms with Crippen molar-refractivity contribution >= 4 is 50.9 Å². The highest BCUT2D eigenvalue weighted by molar-refractivity contribution is 9.10. The van der Waals surface area contributed by atoms with Crippen LogP contribution >= 0.6 is 39.3 Å². The van der Waals surface area contributed by atoms with Crippen molar-refractivity contribution in [3.63, 3.8) is 0 Å². The molecule has 20 heavy (non-hydrogen) atoms. The van der Waals surface area contributed by atoms with Gasteiger partial charge in [0.15, 0.2) is 0 Å². The Hall–Kier alpha value is -0.970. The molecule has 0 unspecified atom stereocenters. The highest BCUT2D eigenvalue weighted by Crippen LogP contribution is 2.26. The van der Waals surface area contributed by atoms with Gasteiger partial charge in [0.2, 0.25) is 5.91 Å². The zero-order valence-electron chi connectivity index (χ0n) is 10.8. The Bertz CT molecular complexity index is 603. The Kier molecular flexibility index (Phi) is 5.52. The van der Waals surface area contributed by atoms with Crippen molar-refractivity contribution < 1.29 is 4.79 Å². The number of benzene rings is 2. The SMILES string of the molecule is C[C@@H](Sc1ccc(Cl)cc1)C(=O)Nc1cccc(Br)c1. The molecule has 1 atom stereocenters. The quantitative estimate of drug-likeness (QED) is 0.747. The number of rotatable bonds is 4. The molecule has 5 heteroatoms. The fraction of sp³-hybridized carbons (Fsp3) is 0.133. The highest BCUT2D eigenvalue weighted by Gasteiger charge is 2.14. The highest BCUT2D eigenvalue weighted by atomic mass is 79.9. The van der Waals surface area contributed by atoms with Crippen molar-refractivity contribution in [2.24, 2.45) is 0 Å². The first-order chi connectivity index (χ1) is 9.54. The monoisotopic (exact) mass is 369 g/mol. The van der Waals surface area contributed by atoms with Crippen molar-refractivity contribution in [3.05, 3.63) is 58.0 Å². The summed E-state index contributed by atoms with van der Waals surface area (Å²) in [6.07, 6.45) is 0. The molecule has 2 aromatic rings. The minimum Gasteiger partial charge on any atom is -0.325 e. The maximum absolute atomic E-state index is 12.1. The van der Waals surface area contributed by atoms with E-state index in [2.05, 4.69) is 21.2 Å². The second kappa shape index (κ2) is 7.16. The molecule has 0 aromatic heterocycles. The lowest BCUT2D eigenvalue weighted by molar-refractivity contribution is -0.115. The van der Waals surface area contributed by atoms with Crippen LogP contribution in [0.2, 0.25) is 5.02 Å². The molecule has 0 bridgehead atoms. The summed E-state index contributed by atoms with van der Waals surface area (Å²) < 4.78 is 0.938. The average Bonchev–Trinajstić information content (AvgIpc) is 2.41. The van der Waals surface area contributed by atoms with Gasteiger partial charge in [-0.1, -0.05) is 33.6 Å². The summed E-state index contributed by atoms with van der Waals surface area (Å²) in [5.41, 5.74) is 0.785. The fourth-order valence-electron chi connectivity index (χ4n) is 1.58. The van der Waals surface area contributed by atoms with Crippen LogP contribution in [0.1, 0.15) is 6.92 Å². The molecule has 0 saturated carbocycles. The predicted molar refractivity (Wildman–Crippen MR) is 89.5 cm³/mol. The number of hydrogen-bond acceptors (Lipinski definition) is 2. The maximum Gasteiger partial charge on any atom is 0.237 e. The first-order valence-electron chi connectivity index (χ1n) is 6.03. The van der Waals surface area contributed by atoms with E-state index in [0.29, 0.717) is 5.02 Å². The van der Waals surface area contributed by atoms with Crippen LogP contribution in [0.25, 0.3) is 0 Å². The van der Waals surface area contributed by atoms with Crippen LogP contribution in [-0.4, -0.2) is 11.2 Å². The van der Waals surface area contributed by atoms with Crippen molar-refractivity contribution in [2.45, 2.75) is 17.1 Å². The maximum atomic E-state index is 12.1. The van der Waals surface area contributed by atoms with Gasteiger partial charge in [-0.05, 0) is 49.4 Å². The minimum atomic E-state index is -0.185. The Labute approximate surface area is 136 Å². The van der Waals surface area contributed by atoms with Crippen LogP contribution in [0.4, 0.5) is 5.69 Å². The van der Waals surface area contributed by atoms with E-state index in [1.165, 1.54) is 11.8 Å². The summed E-state index contributed by atoms with van der Waals surface area (Å²) in [4.78, 5) is 13.1. The van der Waals surface area contributed by atoms with Gasteiger partial charge in [-0.15, -0.1) is 11.8 Å². The zero-order chi connectivity index (χ0) is 14.5. The van der Waals surface area contributed by atoms with Gasteiger partial charge in [0.05, 0.1) is 5.25 Å². The third-order valence-corrected chi connectivity index (χ3v) is 4.45. The Morgan fingerprint density at radius 2 is 1.95 bits per heavy atom. The lowest BCUT2D eigenvalue weighted by Gasteiger charge is -2.12. The second-order valence-corrected chi connectivity index (χ2v) is 6.98. The van der Waals surface area contributed by atoms with Crippen molar-refractivity contribution in [2.75, 3.05) is 5.32 Å². The standard InChI is InChI=1S/C15H13BrClNOS/c1-10(20-14-7-5-12(17)6-8-14)15(19)18-13-4-2-3-11(16)9-13/h2-10H,1H3,(H,18,19)/t10-/m1/s1. The van der Waals surface area contributed by atoms with E-state index in [1.54, 1.807) is 0 Å². The molecule has 0 saturated heterocycles. The number of carbonyl (C=O) groups is 1. The summed E-state index contributed by atoms with van der Waals surface area (Å²) in [5.74, 6) is -0.0250. The van der Waals surface area contributed by atoms with Crippen molar-refractivity contribution in [3.8, 4) is 0 Å². The van der Waals surface area contributed by atoms with Gasteiger partial charge in [-0.25, -0.2) is 0 Å². The van der Waals surface area contributed by atoms with Crippen LogP contribution in [0.5, 0.6) is 0 Å². The van der Waals surface area contributed by atoms with E-state index in [-0.39, 0.29) is 11.2 Å². The number of carbonyl (C=O) groups excluding carboxylic acids is 1. The summed E-state index contributed by atoms with van der Waals surface area (Å²) in [6, 6.07) is 15.0. The molecule has 0 aliphatic rings. The summed E-state index contributed by atoms with van der Waals surface area (Å²) >= 11 is 10.7. The van der Waals surface area contributed by atoms with Crippen LogP contribution in [0.3, 0.4) is 0 Å². The lowest BCUT2D eigenvalue weighted by Crippen LogP contribution is -2.22. The normalized spacial score (nSPS) is 11.9. The first-order valence-corrected chi connectivity index (χ1v) is 8.08. The van der Waals surface area contributed by atoms with Crippen LogP contribution in [0, 0.1) is 0 Å². The molecule has 1 amide bonds. The average molecular weight is 371 g/mol. The second-order valence-electron chi connectivity index (χ2n) is 4.21. The molecule has 2 rings (SSSR count). The summed E-state index contributed by atoms with van der Waals surface area (Å²) in [7, 11) is 0. The molecular weight excluding hydrogens is 358 g/mol. The van der Waals surface area contributed by atoms with Gasteiger partial charge >= 0.3 is 0 Å². The number of thioether (sulfide) groups is 1. The van der Waals surface area contributed by atoms with E-state index in [4.69, 9.17) is 11.6 Å². The predicted octanol–water partition coefficient (Wildman–Crippen LogP) is 5.22. The number of amides is 1. The topological polar surface area (TPSA) is 29.1 Å². The van der Waals surface area contributed by atoms with E-state index < -0.39 is 0 Å². The first kappa shape index (κ1) is 15.4. The smallest absolute Gasteiger partial charge is 0.237 e. The van der Waals surface area contributed by atoms with Crippen LogP contribution < -0.4 is 5.32 Å².